The predicted octanol–water partition coefficient (Wildman–Crippen LogP) is 8.91. The average Bonchev–Trinajstić information content (AvgIpc) is 2.73. The molecule has 1 heteroatoms. The molecular formula is C28H41F. The molecule has 160 valence electrons. The maximum atomic E-state index is 12.3. The highest BCUT2D eigenvalue weighted by molar-refractivity contribution is 5.64. The molecular weight excluding hydrogens is 355 g/mol. The molecule has 1 aromatic carbocycles. The summed E-state index contributed by atoms with van der Waals surface area (Å²) in [5.74, 6) is 3.02. The minimum atomic E-state index is 0.668. The van der Waals surface area contributed by atoms with Gasteiger partial charge in [-0.2, -0.15) is 0 Å². The van der Waals surface area contributed by atoms with Gasteiger partial charge in [0.25, 0.3) is 0 Å². The van der Waals surface area contributed by atoms with E-state index in [-0.39, 0.29) is 0 Å². The molecule has 2 aliphatic rings. The van der Waals surface area contributed by atoms with Gasteiger partial charge in [-0.15, -0.1) is 0 Å². The van der Waals surface area contributed by atoms with E-state index in [1.807, 2.05) is 0 Å². The van der Waals surface area contributed by atoms with Gasteiger partial charge in [0, 0.05) is 0 Å². The SMILES string of the molecule is Cc1c(C)c(C2CCC(C/C=C/F)CC2)c(C)c(C)c1C=CC1CCC(C)CC1. The fraction of sp³-hybridized carbons (Fsp3) is 0.643. The molecule has 0 radical (unpaired) electrons. The molecule has 0 atom stereocenters. The van der Waals surface area contributed by atoms with Gasteiger partial charge in [0.15, 0.2) is 0 Å². The van der Waals surface area contributed by atoms with Crippen LogP contribution in [-0.2, 0) is 0 Å². The van der Waals surface area contributed by atoms with Gasteiger partial charge in [-0.1, -0.05) is 38.0 Å². The lowest BCUT2D eigenvalue weighted by molar-refractivity contribution is 0.326. The fourth-order valence-electron chi connectivity index (χ4n) is 5.87. The zero-order valence-electron chi connectivity index (χ0n) is 19.4. The molecule has 29 heavy (non-hydrogen) atoms. The highest BCUT2D eigenvalue weighted by Crippen LogP contribution is 2.42. The fourth-order valence-corrected chi connectivity index (χ4v) is 5.87. The molecule has 2 fully saturated rings. The Morgan fingerprint density at radius 3 is 1.93 bits per heavy atom. The van der Waals surface area contributed by atoms with Gasteiger partial charge >= 0.3 is 0 Å². The third-order valence-electron chi connectivity index (χ3n) is 8.15. The monoisotopic (exact) mass is 396 g/mol. The van der Waals surface area contributed by atoms with Crippen LogP contribution in [0.25, 0.3) is 6.08 Å². The van der Waals surface area contributed by atoms with E-state index >= 15 is 0 Å². The van der Waals surface area contributed by atoms with Gasteiger partial charge in [-0.25, -0.2) is 4.39 Å². The average molecular weight is 397 g/mol. The van der Waals surface area contributed by atoms with Gasteiger partial charge in [-0.05, 0) is 130 Å². The Morgan fingerprint density at radius 1 is 0.793 bits per heavy atom. The van der Waals surface area contributed by atoms with Crippen molar-refractivity contribution < 1.29 is 4.39 Å². The van der Waals surface area contributed by atoms with Crippen LogP contribution in [0.1, 0.15) is 104 Å². The van der Waals surface area contributed by atoms with Crippen molar-refractivity contribution >= 4 is 6.08 Å². The quantitative estimate of drug-likeness (QED) is 0.466. The van der Waals surface area contributed by atoms with Crippen molar-refractivity contribution in [1.29, 1.82) is 0 Å². The summed E-state index contributed by atoms with van der Waals surface area (Å²) in [7, 11) is 0. The van der Waals surface area contributed by atoms with Gasteiger partial charge in [-0.3, -0.25) is 0 Å². The number of rotatable bonds is 5. The maximum absolute atomic E-state index is 12.3. The summed E-state index contributed by atoms with van der Waals surface area (Å²) < 4.78 is 12.3. The summed E-state index contributed by atoms with van der Waals surface area (Å²) >= 11 is 0. The largest absolute Gasteiger partial charge is 0.216 e. The van der Waals surface area contributed by atoms with Gasteiger partial charge in [0.1, 0.15) is 0 Å². The van der Waals surface area contributed by atoms with E-state index < -0.39 is 0 Å². The summed E-state index contributed by atoms with van der Waals surface area (Å²) in [5.41, 5.74) is 9.05. The van der Waals surface area contributed by atoms with Crippen LogP contribution in [0.4, 0.5) is 4.39 Å². The molecule has 1 aromatic rings. The molecule has 0 N–H and O–H groups in total. The van der Waals surface area contributed by atoms with Crippen LogP contribution in [0, 0.1) is 45.4 Å². The lowest BCUT2D eigenvalue weighted by Crippen LogP contribution is -2.16. The third kappa shape index (κ3) is 5.22. The van der Waals surface area contributed by atoms with Crippen LogP contribution in [0.5, 0.6) is 0 Å². The molecule has 0 aliphatic heterocycles. The molecule has 0 saturated heterocycles. The first-order valence-electron chi connectivity index (χ1n) is 12.0. The summed E-state index contributed by atoms with van der Waals surface area (Å²) in [6.45, 7) is 11.7. The van der Waals surface area contributed by atoms with Crippen molar-refractivity contribution in [2.45, 2.75) is 98.3 Å². The second-order valence-corrected chi connectivity index (χ2v) is 10.0. The van der Waals surface area contributed by atoms with Crippen molar-refractivity contribution in [3.63, 3.8) is 0 Å². The zero-order chi connectivity index (χ0) is 21.0. The second kappa shape index (κ2) is 10.1. The first-order chi connectivity index (χ1) is 13.9. The second-order valence-electron chi connectivity index (χ2n) is 10.0. The normalized spacial score (nSPS) is 28.5. The van der Waals surface area contributed by atoms with Gasteiger partial charge in [0.05, 0.1) is 6.33 Å². The molecule has 0 nitrogen and oxygen atoms in total. The van der Waals surface area contributed by atoms with Crippen molar-refractivity contribution in [1.82, 2.24) is 0 Å². The Morgan fingerprint density at radius 2 is 1.38 bits per heavy atom. The van der Waals surface area contributed by atoms with Gasteiger partial charge < -0.3 is 0 Å². The molecule has 3 rings (SSSR count). The Balaban J connectivity index is 1.77. The number of halogens is 1. The minimum absolute atomic E-state index is 0.668. The van der Waals surface area contributed by atoms with Crippen LogP contribution < -0.4 is 0 Å². The highest BCUT2D eigenvalue weighted by atomic mass is 19.1. The predicted molar refractivity (Wildman–Crippen MR) is 125 cm³/mol. The standard InChI is InChI=1S/C28H41F/c1-19-8-10-25(11-9-19)14-17-27-20(2)22(4)28(23(5)21(27)3)26-15-12-24(13-16-26)7-6-18-29/h6,14,17-19,24-26H,7-13,15-16H2,1-5H3/b17-14?,18-6+. The third-order valence-corrected chi connectivity index (χ3v) is 8.15. The van der Waals surface area contributed by atoms with E-state index in [0.717, 1.165) is 18.3 Å². The number of benzene rings is 1. The molecule has 0 heterocycles. The van der Waals surface area contributed by atoms with Crippen LogP contribution in [0.2, 0.25) is 0 Å². The van der Waals surface area contributed by atoms with E-state index in [9.17, 15) is 4.39 Å². The van der Waals surface area contributed by atoms with Crippen molar-refractivity contribution in [3.8, 4) is 0 Å². The van der Waals surface area contributed by atoms with Crippen LogP contribution >= 0.6 is 0 Å². The topological polar surface area (TPSA) is 0 Å². The summed E-state index contributed by atoms with van der Waals surface area (Å²) in [6.07, 6.45) is 18.7. The number of allylic oxidation sites excluding steroid dienone is 2. The molecule has 0 unspecified atom stereocenters. The van der Waals surface area contributed by atoms with Crippen LogP contribution in [-0.4, -0.2) is 0 Å². The first kappa shape index (κ1) is 22.3. The lowest BCUT2D eigenvalue weighted by atomic mass is 9.73. The summed E-state index contributed by atoms with van der Waals surface area (Å²) in [5, 5.41) is 0. The Labute approximate surface area is 178 Å². The van der Waals surface area contributed by atoms with Crippen molar-refractivity contribution in [3.05, 3.63) is 51.9 Å². The smallest absolute Gasteiger partial charge is 0.0827 e. The highest BCUT2D eigenvalue weighted by Gasteiger charge is 2.26. The van der Waals surface area contributed by atoms with Gasteiger partial charge in [0.2, 0.25) is 0 Å². The van der Waals surface area contributed by atoms with Crippen LogP contribution in [0.15, 0.2) is 18.5 Å². The Kier molecular flexibility index (Phi) is 7.77. The molecule has 0 aromatic heterocycles. The lowest BCUT2D eigenvalue weighted by Gasteiger charge is -2.32. The molecule has 0 amide bonds. The Bertz CT molecular complexity index is 709. The molecule has 0 spiro atoms. The molecule has 0 bridgehead atoms. The summed E-state index contributed by atoms with van der Waals surface area (Å²) in [6, 6.07) is 0. The summed E-state index contributed by atoms with van der Waals surface area (Å²) in [4.78, 5) is 0. The first-order valence-corrected chi connectivity index (χ1v) is 12.0. The molecule has 2 saturated carbocycles. The van der Waals surface area contributed by atoms with E-state index in [1.54, 1.807) is 11.6 Å². The molecule has 2 aliphatic carbocycles. The van der Waals surface area contributed by atoms with E-state index in [4.69, 9.17) is 0 Å². The minimum Gasteiger partial charge on any atom is -0.216 e. The number of hydrogen-bond donors (Lipinski definition) is 0. The Hall–Kier alpha value is -1.37. The van der Waals surface area contributed by atoms with E-state index in [1.165, 1.54) is 79.2 Å². The van der Waals surface area contributed by atoms with E-state index in [0.29, 0.717) is 18.2 Å². The number of hydrogen-bond acceptors (Lipinski definition) is 0. The van der Waals surface area contributed by atoms with Crippen LogP contribution in [0.3, 0.4) is 0 Å². The van der Waals surface area contributed by atoms with Crippen molar-refractivity contribution in [2.75, 3.05) is 0 Å². The van der Waals surface area contributed by atoms with Crippen molar-refractivity contribution in [2.24, 2.45) is 17.8 Å². The zero-order valence-corrected chi connectivity index (χ0v) is 19.4. The maximum Gasteiger partial charge on any atom is 0.0827 e. The van der Waals surface area contributed by atoms with E-state index in [2.05, 4.69) is 46.8 Å².